The summed E-state index contributed by atoms with van der Waals surface area (Å²) in [6.07, 6.45) is 5.96. The minimum Gasteiger partial charge on any atom is -0.310 e. The van der Waals surface area contributed by atoms with E-state index in [-0.39, 0.29) is 5.62 Å². The van der Waals surface area contributed by atoms with Gasteiger partial charge < -0.3 is 4.90 Å². The van der Waals surface area contributed by atoms with Gasteiger partial charge in [-0.15, -0.1) is 0 Å². The number of alkyl halides is 1. The number of benzene rings is 1. The third kappa shape index (κ3) is 2.70. The molecule has 17 heavy (non-hydrogen) atoms. The lowest BCUT2D eigenvalue weighted by Crippen LogP contribution is -2.31. The topological polar surface area (TPSA) is 15.6 Å². The standard InChI is InChI=1S/C14H17ClN2/c1-3-4-12-9-10-16-14(15)17(12)13-7-5-11(2)6-8-13/h5-10,14H,3-4H2,1-2H3. The van der Waals surface area contributed by atoms with E-state index in [0.29, 0.717) is 0 Å². The Labute approximate surface area is 108 Å². The van der Waals surface area contributed by atoms with Gasteiger partial charge in [0.25, 0.3) is 0 Å². The first-order valence-corrected chi connectivity index (χ1v) is 6.38. The molecule has 0 N–H and O–H groups in total. The molecule has 0 spiro atoms. The van der Waals surface area contributed by atoms with E-state index in [0.717, 1.165) is 18.5 Å². The maximum absolute atomic E-state index is 6.27. The van der Waals surface area contributed by atoms with E-state index in [1.54, 1.807) is 6.21 Å². The molecule has 1 heterocycles. The first-order chi connectivity index (χ1) is 8.22. The molecule has 2 rings (SSSR count). The SMILES string of the molecule is CCCC1=CC=NC(Cl)N1c1ccc(C)cc1. The number of anilines is 1. The number of rotatable bonds is 3. The molecule has 1 atom stereocenters. The lowest BCUT2D eigenvalue weighted by molar-refractivity contribution is 0.775. The van der Waals surface area contributed by atoms with Gasteiger partial charge in [-0.05, 0) is 31.6 Å². The number of hydrogen-bond acceptors (Lipinski definition) is 2. The van der Waals surface area contributed by atoms with Crippen LogP contribution < -0.4 is 4.90 Å². The van der Waals surface area contributed by atoms with Crippen LogP contribution in [0.5, 0.6) is 0 Å². The van der Waals surface area contributed by atoms with Gasteiger partial charge in [-0.1, -0.05) is 42.6 Å². The summed E-state index contributed by atoms with van der Waals surface area (Å²) in [5.41, 5.74) is 3.25. The van der Waals surface area contributed by atoms with Gasteiger partial charge in [0.15, 0.2) is 0 Å². The fourth-order valence-electron chi connectivity index (χ4n) is 1.94. The summed E-state index contributed by atoms with van der Waals surface area (Å²) >= 11 is 6.27. The van der Waals surface area contributed by atoms with Crippen molar-refractivity contribution in [3.8, 4) is 0 Å². The van der Waals surface area contributed by atoms with Gasteiger partial charge in [0.2, 0.25) is 5.62 Å². The van der Waals surface area contributed by atoms with Crippen LogP contribution in [-0.4, -0.2) is 11.8 Å². The van der Waals surface area contributed by atoms with E-state index in [1.165, 1.54) is 11.3 Å². The van der Waals surface area contributed by atoms with Crippen molar-refractivity contribution in [2.75, 3.05) is 4.90 Å². The number of nitrogens with zero attached hydrogens (tertiary/aromatic N) is 2. The van der Waals surface area contributed by atoms with Gasteiger partial charge in [-0.2, -0.15) is 0 Å². The highest BCUT2D eigenvalue weighted by Crippen LogP contribution is 2.28. The normalized spacial score (nSPS) is 19.4. The molecule has 0 aromatic heterocycles. The molecule has 2 nitrogen and oxygen atoms in total. The average Bonchev–Trinajstić information content (AvgIpc) is 2.32. The molecule has 1 aromatic rings. The summed E-state index contributed by atoms with van der Waals surface area (Å²) in [5, 5.41) is 0. The average molecular weight is 249 g/mol. The Balaban J connectivity index is 2.31. The van der Waals surface area contributed by atoms with E-state index in [1.807, 2.05) is 6.08 Å². The van der Waals surface area contributed by atoms with Crippen LogP contribution in [0.3, 0.4) is 0 Å². The van der Waals surface area contributed by atoms with E-state index in [9.17, 15) is 0 Å². The summed E-state index contributed by atoms with van der Waals surface area (Å²) in [6, 6.07) is 8.38. The van der Waals surface area contributed by atoms with Gasteiger partial charge in [0.1, 0.15) is 0 Å². The molecule has 1 unspecified atom stereocenters. The Bertz CT molecular complexity index is 434. The molecule has 0 radical (unpaired) electrons. The van der Waals surface area contributed by atoms with Gasteiger partial charge in [-0.3, -0.25) is 4.99 Å². The minimum absolute atomic E-state index is 0.329. The van der Waals surface area contributed by atoms with Gasteiger partial charge in [0, 0.05) is 17.6 Å². The number of hydrogen-bond donors (Lipinski definition) is 0. The molecule has 1 aromatic carbocycles. The Morgan fingerprint density at radius 2 is 2.00 bits per heavy atom. The van der Waals surface area contributed by atoms with Crippen LogP contribution in [0.15, 0.2) is 41.0 Å². The van der Waals surface area contributed by atoms with Gasteiger partial charge in [-0.25, -0.2) is 0 Å². The fraction of sp³-hybridized carbons (Fsp3) is 0.357. The Morgan fingerprint density at radius 1 is 1.29 bits per heavy atom. The summed E-state index contributed by atoms with van der Waals surface area (Å²) in [4.78, 5) is 6.32. The number of aliphatic imine (C=N–C) groups is 1. The van der Waals surface area contributed by atoms with Crippen molar-refractivity contribution in [3.05, 3.63) is 41.6 Å². The molecule has 0 amide bonds. The van der Waals surface area contributed by atoms with Crippen LogP contribution in [0, 0.1) is 6.92 Å². The van der Waals surface area contributed by atoms with Crippen molar-refractivity contribution < 1.29 is 0 Å². The highest BCUT2D eigenvalue weighted by atomic mass is 35.5. The lowest BCUT2D eigenvalue weighted by atomic mass is 10.1. The van der Waals surface area contributed by atoms with Crippen LogP contribution in [0.1, 0.15) is 25.3 Å². The predicted octanol–water partition coefficient (Wildman–Crippen LogP) is 4.09. The first kappa shape index (κ1) is 12.2. The summed E-state index contributed by atoms with van der Waals surface area (Å²) in [7, 11) is 0. The predicted molar refractivity (Wildman–Crippen MR) is 74.8 cm³/mol. The molecular weight excluding hydrogens is 232 g/mol. The van der Waals surface area contributed by atoms with Crippen LogP contribution in [-0.2, 0) is 0 Å². The van der Waals surface area contributed by atoms with E-state index in [2.05, 4.69) is 48.0 Å². The minimum atomic E-state index is -0.329. The van der Waals surface area contributed by atoms with Gasteiger partial charge in [0.05, 0.1) is 0 Å². The second-order valence-corrected chi connectivity index (χ2v) is 4.61. The van der Waals surface area contributed by atoms with Crippen LogP contribution in [0.2, 0.25) is 0 Å². The van der Waals surface area contributed by atoms with Crippen molar-refractivity contribution in [3.63, 3.8) is 0 Å². The van der Waals surface area contributed by atoms with Crippen molar-refractivity contribution in [2.45, 2.75) is 32.3 Å². The summed E-state index contributed by atoms with van der Waals surface area (Å²) in [5.74, 6) is 0. The first-order valence-electron chi connectivity index (χ1n) is 5.94. The monoisotopic (exact) mass is 248 g/mol. The third-order valence-corrected chi connectivity index (χ3v) is 3.12. The second kappa shape index (κ2) is 5.37. The van der Waals surface area contributed by atoms with Crippen molar-refractivity contribution in [1.82, 2.24) is 0 Å². The largest absolute Gasteiger partial charge is 0.310 e. The second-order valence-electron chi connectivity index (χ2n) is 4.22. The Morgan fingerprint density at radius 3 is 2.65 bits per heavy atom. The maximum atomic E-state index is 6.27. The zero-order chi connectivity index (χ0) is 12.3. The van der Waals surface area contributed by atoms with Crippen LogP contribution in [0.4, 0.5) is 5.69 Å². The molecule has 90 valence electrons. The van der Waals surface area contributed by atoms with Crippen molar-refractivity contribution in [2.24, 2.45) is 4.99 Å². The highest BCUT2D eigenvalue weighted by molar-refractivity contribution is 6.22. The van der Waals surface area contributed by atoms with Gasteiger partial charge >= 0.3 is 0 Å². The molecule has 1 aliphatic rings. The molecular formula is C14H17ClN2. The molecule has 0 bridgehead atoms. The van der Waals surface area contributed by atoms with Crippen LogP contribution >= 0.6 is 11.6 Å². The van der Waals surface area contributed by atoms with Crippen molar-refractivity contribution in [1.29, 1.82) is 0 Å². The lowest BCUT2D eigenvalue weighted by Gasteiger charge is -2.31. The van der Waals surface area contributed by atoms with E-state index in [4.69, 9.17) is 11.6 Å². The fourth-order valence-corrected chi connectivity index (χ4v) is 2.24. The molecule has 0 saturated heterocycles. The third-order valence-electron chi connectivity index (χ3n) is 2.82. The number of allylic oxidation sites excluding steroid dienone is 2. The quantitative estimate of drug-likeness (QED) is 0.581. The summed E-state index contributed by atoms with van der Waals surface area (Å²) in [6.45, 7) is 4.25. The zero-order valence-corrected chi connectivity index (χ0v) is 11.0. The zero-order valence-electron chi connectivity index (χ0n) is 10.2. The number of halogens is 1. The highest BCUT2D eigenvalue weighted by Gasteiger charge is 2.20. The van der Waals surface area contributed by atoms with E-state index < -0.39 is 0 Å². The number of aryl methyl sites for hydroxylation is 1. The maximum Gasteiger partial charge on any atom is 0.201 e. The summed E-state index contributed by atoms with van der Waals surface area (Å²) < 4.78 is 0. The Kier molecular flexibility index (Phi) is 3.85. The molecule has 1 aliphatic heterocycles. The molecule has 0 aliphatic carbocycles. The molecule has 0 saturated carbocycles. The Hall–Kier alpha value is -1.28. The van der Waals surface area contributed by atoms with E-state index >= 15 is 0 Å². The van der Waals surface area contributed by atoms with Crippen molar-refractivity contribution >= 4 is 23.5 Å². The molecule has 3 heteroatoms. The van der Waals surface area contributed by atoms with Crippen LogP contribution in [0.25, 0.3) is 0 Å². The smallest absolute Gasteiger partial charge is 0.201 e. The molecule has 0 fully saturated rings.